The Bertz CT molecular complexity index is 795. The Labute approximate surface area is 152 Å². The number of para-hydroxylation sites is 1. The fourth-order valence-corrected chi connectivity index (χ4v) is 1.94. The number of alkyl halides is 4. The van der Waals surface area contributed by atoms with Gasteiger partial charge in [0, 0.05) is 11.1 Å². The molecular formula is C18H16F4N2O3. The summed E-state index contributed by atoms with van der Waals surface area (Å²) in [5.41, 5.74) is 3.38. The molecular weight excluding hydrogens is 368 g/mol. The summed E-state index contributed by atoms with van der Waals surface area (Å²) in [7, 11) is 0. The molecule has 0 bridgehead atoms. The molecule has 0 aromatic heterocycles. The Hall–Kier alpha value is -2.94. The molecule has 27 heavy (non-hydrogen) atoms. The number of phenolic OH excluding ortho intramolecular Hbond substituents is 1. The molecule has 0 radical (unpaired) electrons. The molecule has 0 spiro atoms. The molecule has 0 heterocycles. The van der Waals surface area contributed by atoms with Crippen molar-refractivity contribution in [3.05, 3.63) is 65.2 Å². The molecule has 5 nitrogen and oxygen atoms in total. The number of rotatable bonds is 8. The van der Waals surface area contributed by atoms with Crippen molar-refractivity contribution < 1.29 is 32.2 Å². The zero-order valence-corrected chi connectivity index (χ0v) is 13.9. The van der Waals surface area contributed by atoms with Gasteiger partial charge in [-0.1, -0.05) is 24.3 Å². The number of nitrogens with zero attached hydrogens (tertiary/aromatic N) is 1. The molecule has 2 aromatic carbocycles. The second-order valence-corrected chi connectivity index (χ2v) is 5.51. The van der Waals surface area contributed by atoms with Crippen LogP contribution in [0.15, 0.2) is 53.6 Å². The molecule has 2 N–H and O–H groups in total. The minimum atomic E-state index is -4.20. The molecule has 9 heteroatoms. The predicted octanol–water partition coefficient (Wildman–Crippen LogP) is 3.57. The highest BCUT2D eigenvalue weighted by atomic mass is 19.3. The number of hydrogen-bond donors (Lipinski definition) is 2. The van der Waals surface area contributed by atoms with Gasteiger partial charge >= 0.3 is 12.3 Å². The molecule has 2 aromatic rings. The third-order valence-electron chi connectivity index (χ3n) is 3.41. The van der Waals surface area contributed by atoms with Crippen LogP contribution in [0, 0.1) is 0 Å². The summed E-state index contributed by atoms with van der Waals surface area (Å²) in [6.07, 6.45) is -2.51. The van der Waals surface area contributed by atoms with E-state index in [1.807, 2.05) is 0 Å². The van der Waals surface area contributed by atoms with Crippen LogP contribution in [0.1, 0.15) is 21.5 Å². The van der Waals surface area contributed by atoms with Gasteiger partial charge in [-0.3, -0.25) is 4.79 Å². The Balaban J connectivity index is 1.85. The van der Waals surface area contributed by atoms with Gasteiger partial charge in [0.1, 0.15) is 12.4 Å². The van der Waals surface area contributed by atoms with Gasteiger partial charge in [0.2, 0.25) is 0 Å². The standard InChI is InChI=1S/C18H16F4N2O3/c19-17(20)18(21,22)11-27-10-12-5-7-13(8-6-12)16(26)24-23-9-14-3-1-2-4-15(14)25/h1-9,17,25H,10-11H2,(H,24,26)/b23-9+. The Morgan fingerprint density at radius 3 is 2.48 bits per heavy atom. The van der Waals surface area contributed by atoms with E-state index in [0.29, 0.717) is 11.1 Å². The van der Waals surface area contributed by atoms with E-state index in [2.05, 4.69) is 15.3 Å². The smallest absolute Gasteiger partial charge is 0.330 e. The molecule has 0 aliphatic carbocycles. The molecule has 2 rings (SSSR count). The summed E-state index contributed by atoms with van der Waals surface area (Å²) in [4.78, 5) is 12.0. The van der Waals surface area contributed by atoms with Gasteiger partial charge in [-0.2, -0.15) is 13.9 Å². The zero-order valence-electron chi connectivity index (χ0n) is 13.9. The lowest BCUT2D eigenvalue weighted by Gasteiger charge is -2.15. The molecule has 0 aliphatic heterocycles. The quantitative estimate of drug-likeness (QED) is 0.415. The largest absolute Gasteiger partial charge is 0.507 e. The number of hydrogen-bond acceptors (Lipinski definition) is 4. The molecule has 0 saturated carbocycles. The average molecular weight is 384 g/mol. The van der Waals surface area contributed by atoms with E-state index >= 15 is 0 Å². The van der Waals surface area contributed by atoms with Crippen molar-refractivity contribution >= 4 is 12.1 Å². The summed E-state index contributed by atoms with van der Waals surface area (Å²) in [5.74, 6) is -4.72. The van der Waals surface area contributed by atoms with Gasteiger partial charge < -0.3 is 9.84 Å². The second kappa shape index (κ2) is 9.13. The van der Waals surface area contributed by atoms with Crippen molar-refractivity contribution in [1.29, 1.82) is 0 Å². The Morgan fingerprint density at radius 2 is 1.85 bits per heavy atom. The predicted molar refractivity (Wildman–Crippen MR) is 90.2 cm³/mol. The molecule has 0 aliphatic rings. The number of amides is 1. The molecule has 0 atom stereocenters. The lowest BCUT2D eigenvalue weighted by atomic mass is 10.1. The van der Waals surface area contributed by atoms with E-state index < -0.39 is 24.9 Å². The van der Waals surface area contributed by atoms with Crippen LogP contribution in [-0.2, 0) is 11.3 Å². The number of carbonyl (C=O) groups is 1. The van der Waals surface area contributed by atoms with Crippen LogP contribution in [-0.4, -0.2) is 36.2 Å². The minimum absolute atomic E-state index is 0.0114. The highest BCUT2D eigenvalue weighted by Gasteiger charge is 2.40. The lowest BCUT2D eigenvalue weighted by molar-refractivity contribution is -0.168. The average Bonchev–Trinajstić information content (AvgIpc) is 2.63. The highest BCUT2D eigenvalue weighted by Crippen LogP contribution is 2.23. The van der Waals surface area contributed by atoms with Gasteiger partial charge in [0.25, 0.3) is 5.91 Å². The fraction of sp³-hybridized carbons (Fsp3) is 0.222. The third kappa shape index (κ3) is 6.07. The zero-order chi connectivity index (χ0) is 19.9. The summed E-state index contributed by atoms with van der Waals surface area (Å²) in [5, 5.41) is 13.3. The summed E-state index contributed by atoms with van der Waals surface area (Å²) in [6, 6.07) is 12.1. The van der Waals surface area contributed by atoms with Crippen LogP contribution in [0.25, 0.3) is 0 Å². The van der Waals surface area contributed by atoms with Crippen LogP contribution in [0.4, 0.5) is 17.6 Å². The number of carbonyl (C=O) groups excluding carboxylic acids is 1. The van der Waals surface area contributed by atoms with Crippen LogP contribution in [0.3, 0.4) is 0 Å². The van der Waals surface area contributed by atoms with E-state index in [9.17, 15) is 27.5 Å². The number of aromatic hydroxyl groups is 1. The van der Waals surface area contributed by atoms with Gasteiger partial charge in [-0.05, 0) is 29.8 Å². The molecule has 0 saturated heterocycles. The summed E-state index contributed by atoms with van der Waals surface area (Å²) in [6.45, 7) is -1.69. The normalized spacial score (nSPS) is 11.9. The lowest BCUT2D eigenvalue weighted by Crippen LogP contribution is -2.32. The SMILES string of the molecule is O=C(N/N=C/c1ccccc1O)c1ccc(COCC(F)(F)C(F)F)cc1. The highest BCUT2D eigenvalue weighted by molar-refractivity contribution is 5.95. The first-order valence-corrected chi connectivity index (χ1v) is 7.73. The van der Waals surface area contributed by atoms with Crippen molar-refractivity contribution in [2.45, 2.75) is 19.0 Å². The maximum absolute atomic E-state index is 12.7. The monoisotopic (exact) mass is 384 g/mol. The Kier molecular flexibility index (Phi) is 6.89. The molecule has 1 amide bonds. The third-order valence-corrected chi connectivity index (χ3v) is 3.41. The van der Waals surface area contributed by atoms with Gasteiger partial charge in [-0.25, -0.2) is 14.2 Å². The first-order valence-electron chi connectivity index (χ1n) is 7.73. The first-order chi connectivity index (χ1) is 12.8. The van der Waals surface area contributed by atoms with E-state index in [-0.39, 0.29) is 17.9 Å². The van der Waals surface area contributed by atoms with Crippen LogP contribution in [0.2, 0.25) is 0 Å². The van der Waals surface area contributed by atoms with Gasteiger partial charge in [0.05, 0.1) is 12.8 Å². The van der Waals surface area contributed by atoms with Crippen LogP contribution in [0.5, 0.6) is 5.75 Å². The number of benzene rings is 2. The number of halogens is 4. The van der Waals surface area contributed by atoms with Crippen LogP contribution < -0.4 is 5.43 Å². The molecule has 0 unspecified atom stereocenters. The minimum Gasteiger partial charge on any atom is -0.507 e. The Morgan fingerprint density at radius 1 is 1.19 bits per heavy atom. The topological polar surface area (TPSA) is 70.9 Å². The van der Waals surface area contributed by atoms with Gasteiger partial charge in [0.15, 0.2) is 0 Å². The maximum atomic E-state index is 12.7. The number of ether oxygens (including phenoxy) is 1. The summed E-state index contributed by atoms with van der Waals surface area (Å²) >= 11 is 0. The van der Waals surface area contributed by atoms with Crippen molar-refractivity contribution in [3.63, 3.8) is 0 Å². The van der Waals surface area contributed by atoms with E-state index in [1.54, 1.807) is 18.2 Å². The van der Waals surface area contributed by atoms with Crippen molar-refractivity contribution in [1.82, 2.24) is 5.43 Å². The van der Waals surface area contributed by atoms with Gasteiger partial charge in [-0.15, -0.1) is 0 Å². The molecule has 144 valence electrons. The maximum Gasteiger partial charge on any atom is 0.330 e. The summed E-state index contributed by atoms with van der Waals surface area (Å²) < 4.78 is 54.1. The number of phenols is 1. The fourth-order valence-electron chi connectivity index (χ4n) is 1.94. The van der Waals surface area contributed by atoms with E-state index in [1.165, 1.54) is 36.5 Å². The van der Waals surface area contributed by atoms with Crippen molar-refractivity contribution in [2.24, 2.45) is 5.10 Å². The van der Waals surface area contributed by atoms with E-state index in [4.69, 9.17) is 0 Å². The number of hydrazone groups is 1. The van der Waals surface area contributed by atoms with Crippen LogP contribution >= 0.6 is 0 Å². The molecule has 0 fully saturated rings. The van der Waals surface area contributed by atoms with Crippen molar-refractivity contribution in [2.75, 3.05) is 6.61 Å². The second-order valence-electron chi connectivity index (χ2n) is 5.51. The first kappa shape index (κ1) is 20.4. The van der Waals surface area contributed by atoms with Crippen molar-refractivity contribution in [3.8, 4) is 5.75 Å². The number of nitrogens with one attached hydrogen (secondary N) is 1. The van der Waals surface area contributed by atoms with E-state index in [0.717, 1.165) is 0 Å².